The van der Waals surface area contributed by atoms with Gasteiger partial charge in [0.25, 0.3) is 5.56 Å². The number of ether oxygens (including phenoxy) is 1. The average Bonchev–Trinajstić information content (AvgIpc) is 2.37. The van der Waals surface area contributed by atoms with Crippen molar-refractivity contribution >= 4 is 16.6 Å². The monoisotopic (exact) mass is 272 g/mol. The van der Waals surface area contributed by atoms with Crippen LogP contribution >= 0.6 is 0 Å². The molecule has 1 aromatic heterocycles. The Labute approximate surface area is 118 Å². The Morgan fingerprint density at radius 2 is 2.15 bits per heavy atom. The first-order valence-corrected chi connectivity index (χ1v) is 7.06. The Bertz CT molecular complexity index is 675. The van der Waals surface area contributed by atoms with Crippen molar-refractivity contribution in [3.63, 3.8) is 0 Å². The van der Waals surface area contributed by atoms with Crippen LogP contribution in [0.3, 0.4) is 0 Å². The lowest BCUT2D eigenvalue weighted by atomic mass is 9.94. The fourth-order valence-electron chi connectivity index (χ4n) is 2.86. The maximum Gasteiger partial charge on any atom is 0.257 e. The highest BCUT2D eigenvalue weighted by Crippen LogP contribution is 2.26. The molecule has 4 nitrogen and oxygen atoms in total. The van der Waals surface area contributed by atoms with Gasteiger partial charge in [0.05, 0.1) is 5.60 Å². The molecule has 0 bridgehead atoms. The van der Waals surface area contributed by atoms with E-state index in [0.717, 1.165) is 36.0 Å². The molecule has 1 aliphatic heterocycles. The third-order valence-corrected chi connectivity index (χ3v) is 3.81. The molecule has 1 aliphatic rings. The van der Waals surface area contributed by atoms with Gasteiger partial charge in [-0.1, -0.05) is 18.2 Å². The van der Waals surface area contributed by atoms with Crippen LogP contribution in [0.5, 0.6) is 0 Å². The van der Waals surface area contributed by atoms with Crippen molar-refractivity contribution in [3.8, 4) is 0 Å². The molecular weight excluding hydrogens is 252 g/mol. The zero-order valence-electron chi connectivity index (χ0n) is 11.9. The Hall–Kier alpha value is -1.81. The summed E-state index contributed by atoms with van der Waals surface area (Å²) in [6, 6.07) is 9.96. The molecule has 0 amide bonds. The van der Waals surface area contributed by atoms with Crippen molar-refractivity contribution in [2.24, 2.45) is 0 Å². The Morgan fingerprint density at radius 3 is 2.95 bits per heavy atom. The molecule has 0 spiro atoms. The first kappa shape index (κ1) is 13.2. The van der Waals surface area contributed by atoms with E-state index in [-0.39, 0.29) is 11.2 Å². The molecule has 1 fully saturated rings. The van der Waals surface area contributed by atoms with Crippen molar-refractivity contribution in [3.05, 3.63) is 40.7 Å². The highest BCUT2D eigenvalue weighted by molar-refractivity contribution is 5.83. The molecule has 20 heavy (non-hydrogen) atoms. The number of aromatic nitrogens is 1. The van der Waals surface area contributed by atoms with Gasteiger partial charge in [0.2, 0.25) is 0 Å². The number of nitrogens with one attached hydrogen (secondary N) is 2. The van der Waals surface area contributed by atoms with Crippen molar-refractivity contribution in [1.82, 2.24) is 4.98 Å². The number of H-pyrrole nitrogens is 1. The number of pyridine rings is 1. The first-order chi connectivity index (χ1) is 9.53. The fourth-order valence-corrected chi connectivity index (χ4v) is 2.86. The van der Waals surface area contributed by atoms with E-state index in [4.69, 9.17) is 4.74 Å². The van der Waals surface area contributed by atoms with Crippen LogP contribution in [0.15, 0.2) is 35.1 Å². The minimum Gasteiger partial charge on any atom is -0.375 e. The summed E-state index contributed by atoms with van der Waals surface area (Å²) in [5.41, 5.74) is -0.149. The number of hydrogen-bond donors (Lipinski definition) is 2. The number of fused-ring (bicyclic) bond motifs is 1. The third-order valence-electron chi connectivity index (χ3n) is 3.81. The van der Waals surface area contributed by atoms with Crippen molar-refractivity contribution < 1.29 is 4.74 Å². The number of benzene rings is 1. The van der Waals surface area contributed by atoms with Crippen molar-refractivity contribution in [2.75, 3.05) is 11.9 Å². The number of aromatic amines is 1. The predicted molar refractivity (Wildman–Crippen MR) is 81.2 cm³/mol. The third kappa shape index (κ3) is 2.70. The molecule has 1 aromatic carbocycles. The summed E-state index contributed by atoms with van der Waals surface area (Å²) in [6.45, 7) is 4.95. The van der Waals surface area contributed by atoms with E-state index < -0.39 is 0 Å². The SMILES string of the molecule is CC1(C)CC(Nc2cc3ccccc3c(=O)[nH]2)CCO1. The molecule has 2 N–H and O–H groups in total. The van der Waals surface area contributed by atoms with Gasteiger partial charge >= 0.3 is 0 Å². The maximum atomic E-state index is 12.0. The van der Waals surface area contributed by atoms with Crippen LogP contribution in [-0.4, -0.2) is 23.2 Å². The summed E-state index contributed by atoms with van der Waals surface area (Å²) in [5, 5.41) is 5.12. The zero-order chi connectivity index (χ0) is 14.2. The van der Waals surface area contributed by atoms with E-state index in [2.05, 4.69) is 24.1 Å². The summed E-state index contributed by atoms with van der Waals surface area (Å²) in [6.07, 6.45) is 1.89. The van der Waals surface area contributed by atoms with Crippen LogP contribution in [0, 0.1) is 0 Å². The lowest BCUT2D eigenvalue weighted by Gasteiger charge is -2.36. The first-order valence-electron chi connectivity index (χ1n) is 7.06. The second-order valence-electron chi connectivity index (χ2n) is 6.04. The molecule has 1 unspecified atom stereocenters. The van der Waals surface area contributed by atoms with Gasteiger partial charge in [-0.15, -0.1) is 0 Å². The van der Waals surface area contributed by atoms with Crippen LogP contribution in [-0.2, 0) is 4.74 Å². The molecule has 0 saturated carbocycles. The number of rotatable bonds is 2. The van der Waals surface area contributed by atoms with Crippen LogP contribution < -0.4 is 10.9 Å². The molecular formula is C16H20N2O2. The van der Waals surface area contributed by atoms with E-state index in [1.54, 1.807) is 0 Å². The number of anilines is 1. The second-order valence-corrected chi connectivity index (χ2v) is 6.04. The second kappa shape index (κ2) is 4.94. The van der Waals surface area contributed by atoms with Gasteiger partial charge in [-0.05, 0) is 44.2 Å². The van der Waals surface area contributed by atoms with Crippen LogP contribution in [0.4, 0.5) is 5.82 Å². The van der Waals surface area contributed by atoms with E-state index >= 15 is 0 Å². The van der Waals surface area contributed by atoms with Gasteiger partial charge < -0.3 is 15.0 Å². The Morgan fingerprint density at radius 1 is 1.35 bits per heavy atom. The van der Waals surface area contributed by atoms with Crippen LogP contribution in [0.1, 0.15) is 26.7 Å². The maximum absolute atomic E-state index is 12.0. The molecule has 0 aliphatic carbocycles. The van der Waals surface area contributed by atoms with Gasteiger partial charge in [0, 0.05) is 18.0 Å². The Kier molecular flexibility index (Phi) is 3.26. The van der Waals surface area contributed by atoms with Gasteiger partial charge in [-0.25, -0.2) is 0 Å². The average molecular weight is 272 g/mol. The smallest absolute Gasteiger partial charge is 0.257 e. The molecule has 0 radical (unpaired) electrons. The molecule has 3 rings (SSSR count). The normalized spacial score (nSPS) is 21.8. The summed E-state index contributed by atoms with van der Waals surface area (Å²) < 4.78 is 5.72. The van der Waals surface area contributed by atoms with Crippen LogP contribution in [0.2, 0.25) is 0 Å². The van der Waals surface area contributed by atoms with E-state index in [9.17, 15) is 4.79 Å². The van der Waals surface area contributed by atoms with Crippen molar-refractivity contribution in [1.29, 1.82) is 0 Å². The van der Waals surface area contributed by atoms with Crippen molar-refractivity contribution in [2.45, 2.75) is 38.3 Å². The number of hydrogen-bond acceptors (Lipinski definition) is 3. The molecule has 2 aromatic rings. The standard InChI is InChI=1S/C16H20N2O2/c1-16(2)10-12(7-8-20-16)17-14-9-11-5-3-4-6-13(11)15(19)18-14/h3-6,9,12H,7-8,10H2,1-2H3,(H2,17,18,19). The van der Waals surface area contributed by atoms with E-state index in [0.29, 0.717) is 6.04 Å². The Balaban J connectivity index is 1.86. The summed E-state index contributed by atoms with van der Waals surface area (Å²) in [5.74, 6) is 0.788. The minimum absolute atomic E-state index is 0.0445. The van der Waals surface area contributed by atoms with Gasteiger partial charge in [-0.3, -0.25) is 4.79 Å². The molecule has 106 valence electrons. The van der Waals surface area contributed by atoms with E-state index in [1.165, 1.54) is 0 Å². The molecule has 2 heterocycles. The largest absolute Gasteiger partial charge is 0.375 e. The summed E-state index contributed by atoms with van der Waals surface area (Å²) >= 11 is 0. The minimum atomic E-state index is -0.104. The lowest BCUT2D eigenvalue weighted by molar-refractivity contribution is -0.0553. The van der Waals surface area contributed by atoms with Gasteiger partial charge in [0.15, 0.2) is 0 Å². The zero-order valence-corrected chi connectivity index (χ0v) is 11.9. The van der Waals surface area contributed by atoms with Gasteiger partial charge in [0.1, 0.15) is 5.82 Å². The summed E-state index contributed by atoms with van der Waals surface area (Å²) in [7, 11) is 0. The molecule has 1 saturated heterocycles. The highest BCUT2D eigenvalue weighted by Gasteiger charge is 2.28. The highest BCUT2D eigenvalue weighted by atomic mass is 16.5. The topological polar surface area (TPSA) is 54.1 Å². The quantitative estimate of drug-likeness (QED) is 0.884. The van der Waals surface area contributed by atoms with E-state index in [1.807, 2.05) is 30.3 Å². The lowest BCUT2D eigenvalue weighted by Crippen LogP contribution is -2.40. The summed E-state index contributed by atoms with van der Waals surface area (Å²) in [4.78, 5) is 15.0. The van der Waals surface area contributed by atoms with Gasteiger partial charge in [-0.2, -0.15) is 0 Å². The molecule has 1 atom stereocenters. The predicted octanol–water partition coefficient (Wildman–Crippen LogP) is 2.90. The fraction of sp³-hybridized carbons (Fsp3) is 0.438. The molecule has 4 heteroatoms. The van der Waals surface area contributed by atoms with Crippen LogP contribution in [0.25, 0.3) is 10.8 Å².